The summed E-state index contributed by atoms with van der Waals surface area (Å²) in [4.78, 5) is 11.1. The van der Waals surface area contributed by atoms with Crippen LogP contribution in [0.2, 0.25) is 0 Å². The summed E-state index contributed by atoms with van der Waals surface area (Å²) in [7, 11) is 0. The molecule has 0 atom stereocenters. The molecule has 5 nitrogen and oxygen atoms in total. The molecule has 0 aliphatic rings. The number of hydrogen-bond donors (Lipinski definition) is 3. The summed E-state index contributed by atoms with van der Waals surface area (Å²) in [6.45, 7) is 5.38. The number of carbonyl (C=O) groups is 1. The number of thiocarbonyl (C=S) groups is 1. The maximum absolute atomic E-state index is 11.1. The fourth-order valence-electron chi connectivity index (χ4n) is 2.02. The maximum atomic E-state index is 11.1. The van der Waals surface area contributed by atoms with Crippen LogP contribution in [0.1, 0.15) is 25.0 Å². The van der Waals surface area contributed by atoms with Crippen molar-refractivity contribution in [3.63, 3.8) is 0 Å². The van der Waals surface area contributed by atoms with Crippen LogP contribution in [0.4, 0.5) is 11.4 Å². The second-order valence-corrected chi connectivity index (χ2v) is 5.80. The van der Waals surface area contributed by atoms with Crippen molar-refractivity contribution in [2.75, 3.05) is 10.6 Å². The van der Waals surface area contributed by atoms with Gasteiger partial charge in [0.15, 0.2) is 5.11 Å². The van der Waals surface area contributed by atoms with Gasteiger partial charge in [0.1, 0.15) is 0 Å². The Kier molecular flexibility index (Phi) is 6.03. The third kappa shape index (κ3) is 5.48. The lowest BCUT2D eigenvalue weighted by Crippen LogP contribution is -2.25. The van der Waals surface area contributed by atoms with Crippen LogP contribution in [0.5, 0.6) is 0 Å². The van der Waals surface area contributed by atoms with E-state index in [-0.39, 0.29) is 5.91 Å². The van der Waals surface area contributed by atoms with Gasteiger partial charge in [-0.05, 0) is 55.9 Å². The third-order valence-corrected chi connectivity index (χ3v) is 3.43. The molecule has 0 bridgehead atoms. The molecule has 0 unspecified atom stereocenters. The Morgan fingerprint density at radius 1 is 1.00 bits per heavy atom. The minimum Gasteiger partial charge on any atom is -0.331 e. The second-order valence-electron chi connectivity index (χ2n) is 5.39. The highest BCUT2D eigenvalue weighted by Gasteiger charge is 2.02. The van der Waals surface area contributed by atoms with Gasteiger partial charge in [-0.1, -0.05) is 29.8 Å². The van der Waals surface area contributed by atoms with Crippen molar-refractivity contribution in [1.82, 2.24) is 5.43 Å². The fraction of sp³-hybridized carbons (Fsp3) is 0.167. The number of nitrogens with one attached hydrogen (secondary N) is 3. The molecule has 124 valence electrons. The fourth-order valence-corrected chi connectivity index (χ4v) is 2.18. The zero-order chi connectivity index (χ0) is 17.5. The van der Waals surface area contributed by atoms with E-state index in [1.54, 1.807) is 0 Å². The first-order chi connectivity index (χ1) is 11.4. The van der Waals surface area contributed by atoms with Crippen LogP contribution in [0.3, 0.4) is 0 Å². The second kappa shape index (κ2) is 8.21. The summed E-state index contributed by atoms with van der Waals surface area (Å²) >= 11 is 5.23. The monoisotopic (exact) mass is 340 g/mol. The number of benzene rings is 2. The summed E-state index contributed by atoms with van der Waals surface area (Å²) in [5, 5.41) is 10.5. The molecule has 0 saturated carbocycles. The molecule has 0 radical (unpaired) electrons. The normalized spacial score (nSPS) is 10.9. The molecule has 6 heteroatoms. The van der Waals surface area contributed by atoms with E-state index in [2.05, 4.69) is 21.2 Å². The minimum absolute atomic E-state index is 0.108. The first-order valence-electron chi connectivity index (χ1n) is 7.50. The molecule has 24 heavy (non-hydrogen) atoms. The molecule has 1 amide bonds. The van der Waals surface area contributed by atoms with Gasteiger partial charge in [-0.2, -0.15) is 5.10 Å². The van der Waals surface area contributed by atoms with E-state index in [1.807, 2.05) is 62.4 Å². The number of aryl methyl sites for hydroxylation is 1. The van der Waals surface area contributed by atoms with Crippen LogP contribution in [0.25, 0.3) is 0 Å². The van der Waals surface area contributed by atoms with Gasteiger partial charge in [-0.25, -0.2) is 0 Å². The lowest BCUT2D eigenvalue weighted by Gasteiger charge is -2.09. The van der Waals surface area contributed by atoms with Crippen LogP contribution in [-0.4, -0.2) is 16.7 Å². The predicted octanol–water partition coefficient (Wildman–Crippen LogP) is 3.66. The smallest absolute Gasteiger partial charge is 0.221 e. The topological polar surface area (TPSA) is 65.5 Å². The standard InChI is InChI=1S/C18H20N4OS/c1-12-7-9-16(10-8-12)20-18(24)22-21-13(2)15-5-4-6-17(11-15)19-14(3)23/h4-11H,1-3H3,(H,19,23)(H2,20,22,24)/b21-13-. The highest BCUT2D eigenvalue weighted by Crippen LogP contribution is 2.12. The molecule has 0 fully saturated rings. The first kappa shape index (κ1) is 17.6. The maximum Gasteiger partial charge on any atom is 0.221 e. The Labute approximate surface area is 147 Å². The molecule has 2 rings (SSSR count). The molecular formula is C18H20N4OS. The van der Waals surface area contributed by atoms with Gasteiger partial charge in [0.05, 0.1) is 5.71 Å². The van der Waals surface area contributed by atoms with Crippen LogP contribution in [-0.2, 0) is 4.79 Å². The molecule has 0 heterocycles. The average Bonchev–Trinajstić information content (AvgIpc) is 2.54. The number of hydrogen-bond acceptors (Lipinski definition) is 3. The highest BCUT2D eigenvalue weighted by molar-refractivity contribution is 7.80. The Hall–Kier alpha value is -2.73. The number of anilines is 2. The molecule has 2 aromatic carbocycles. The van der Waals surface area contributed by atoms with Crippen LogP contribution in [0.15, 0.2) is 53.6 Å². The molecule has 0 aromatic heterocycles. The number of carbonyl (C=O) groups excluding carboxylic acids is 1. The molecule has 3 N–H and O–H groups in total. The van der Waals surface area contributed by atoms with Gasteiger partial charge in [0, 0.05) is 18.3 Å². The van der Waals surface area contributed by atoms with Gasteiger partial charge in [0.25, 0.3) is 0 Å². The van der Waals surface area contributed by atoms with Gasteiger partial charge >= 0.3 is 0 Å². The van der Waals surface area contributed by atoms with Gasteiger partial charge in [-0.3, -0.25) is 10.2 Å². The van der Waals surface area contributed by atoms with E-state index in [9.17, 15) is 4.79 Å². The third-order valence-electron chi connectivity index (χ3n) is 3.24. The van der Waals surface area contributed by atoms with E-state index in [1.165, 1.54) is 12.5 Å². The van der Waals surface area contributed by atoms with Crippen molar-refractivity contribution in [3.8, 4) is 0 Å². The number of amides is 1. The highest BCUT2D eigenvalue weighted by atomic mass is 32.1. The van der Waals surface area contributed by atoms with E-state index in [4.69, 9.17) is 12.2 Å². The van der Waals surface area contributed by atoms with Crippen molar-refractivity contribution in [1.29, 1.82) is 0 Å². The van der Waals surface area contributed by atoms with Gasteiger partial charge in [-0.15, -0.1) is 0 Å². The molecule has 0 aliphatic carbocycles. The molecule has 0 aliphatic heterocycles. The summed E-state index contributed by atoms with van der Waals surface area (Å²) < 4.78 is 0. The Balaban J connectivity index is 1.99. The zero-order valence-corrected chi connectivity index (χ0v) is 14.7. The van der Waals surface area contributed by atoms with Crippen LogP contribution in [0, 0.1) is 6.92 Å². The predicted molar refractivity (Wildman–Crippen MR) is 103 cm³/mol. The lowest BCUT2D eigenvalue weighted by atomic mass is 10.1. The lowest BCUT2D eigenvalue weighted by molar-refractivity contribution is -0.114. The zero-order valence-electron chi connectivity index (χ0n) is 13.9. The van der Waals surface area contributed by atoms with Gasteiger partial charge < -0.3 is 10.6 Å². The van der Waals surface area contributed by atoms with Crippen molar-refractivity contribution >= 4 is 40.3 Å². The largest absolute Gasteiger partial charge is 0.331 e. The Morgan fingerprint density at radius 2 is 1.71 bits per heavy atom. The van der Waals surface area contributed by atoms with Crippen LogP contribution < -0.4 is 16.1 Å². The van der Waals surface area contributed by atoms with Crippen molar-refractivity contribution in [2.24, 2.45) is 5.10 Å². The van der Waals surface area contributed by atoms with E-state index >= 15 is 0 Å². The molecule has 2 aromatic rings. The Bertz CT molecular complexity index is 769. The minimum atomic E-state index is -0.108. The van der Waals surface area contributed by atoms with Crippen LogP contribution >= 0.6 is 12.2 Å². The molecular weight excluding hydrogens is 320 g/mol. The summed E-state index contributed by atoms with van der Waals surface area (Å²) in [5.74, 6) is -0.108. The average molecular weight is 340 g/mol. The molecule has 0 saturated heterocycles. The van der Waals surface area contributed by atoms with E-state index in [0.717, 1.165) is 22.6 Å². The Morgan fingerprint density at radius 3 is 2.38 bits per heavy atom. The van der Waals surface area contributed by atoms with Crippen molar-refractivity contribution in [3.05, 3.63) is 59.7 Å². The summed E-state index contributed by atoms with van der Waals surface area (Å²) in [6, 6.07) is 15.4. The SMILES string of the molecule is CC(=O)Nc1cccc(/C(C)=N\NC(=S)Nc2ccc(C)cc2)c1. The summed E-state index contributed by atoms with van der Waals surface area (Å²) in [5.41, 5.74) is 7.30. The van der Waals surface area contributed by atoms with Crippen molar-refractivity contribution < 1.29 is 4.79 Å². The molecule has 0 spiro atoms. The van der Waals surface area contributed by atoms with E-state index < -0.39 is 0 Å². The quantitative estimate of drug-likeness (QED) is 0.451. The van der Waals surface area contributed by atoms with Gasteiger partial charge in [0.2, 0.25) is 5.91 Å². The van der Waals surface area contributed by atoms with Crippen molar-refractivity contribution in [2.45, 2.75) is 20.8 Å². The summed E-state index contributed by atoms with van der Waals surface area (Å²) in [6.07, 6.45) is 0. The number of rotatable bonds is 4. The number of hydrazone groups is 1. The first-order valence-corrected chi connectivity index (χ1v) is 7.91. The van der Waals surface area contributed by atoms with E-state index in [0.29, 0.717) is 5.11 Å². The number of nitrogens with zero attached hydrogens (tertiary/aromatic N) is 1.